The molecular weight excluding hydrogens is 375 g/mol. The molecule has 0 aliphatic carbocycles. The Morgan fingerprint density at radius 2 is 1.86 bits per heavy atom. The van der Waals surface area contributed by atoms with Crippen molar-refractivity contribution in [3.8, 4) is 0 Å². The molecule has 3 N–H and O–H groups in total. The molecule has 0 saturated carbocycles. The number of H-pyrrole nitrogens is 1. The lowest BCUT2D eigenvalue weighted by atomic mass is 10.1. The van der Waals surface area contributed by atoms with Gasteiger partial charge in [-0.25, -0.2) is 9.18 Å². The third-order valence-corrected chi connectivity index (χ3v) is 4.91. The lowest BCUT2D eigenvalue weighted by Gasteiger charge is -2.13. The van der Waals surface area contributed by atoms with Gasteiger partial charge in [0.05, 0.1) is 0 Å². The van der Waals surface area contributed by atoms with Crippen LogP contribution in [0.5, 0.6) is 0 Å². The van der Waals surface area contributed by atoms with Gasteiger partial charge in [-0.05, 0) is 29.3 Å². The first kappa shape index (κ1) is 18.7. The quantitative estimate of drug-likeness (QED) is 0.559. The molecule has 29 heavy (non-hydrogen) atoms. The maximum atomic E-state index is 12.9. The lowest BCUT2D eigenvalue weighted by Crippen LogP contribution is -2.41. The minimum Gasteiger partial charge on any atom is -0.361 e. The molecule has 4 amide bonds. The van der Waals surface area contributed by atoms with Crippen molar-refractivity contribution in [3.63, 3.8) is 0 Å². The van der Waals surface area contributed by atoms with Gasteiger partial charge in [-0.1, -0.05) is 30.3 Å². The Labute approximate surface area is 165 Å². The van der Waals surface area contributed by atoms with Crippen LogP contribution in [-0.4, -0.2) is 40.3 Å². The number of amides is 4. The number of aromatic amines is 1. The molecule has 8 heteroatoms. The van der Waals surface area contributed by atoms with E-state index in [0.717, 1.165) is 21.4 Å². The van der Waals surface area contributed by atoms with E-state index in [4.69, 9.17) is 0 Å². The normalized spacial score (nSPS) is 16.3. The third kappa shape index (κ3) is 3.96. The standard InChI is InChI=1S/C21H19FN4O3/c22-15-7-5-13(6-8-15)10-24-19(27)12-26-20(28)18(25-21(26)29)9-14-11-23-17-4-2-1-3-16(14)17/h1-8,11,18,23H,9-10,12H2,(H,24,27)(H,25,29)/t18-/m0/s1. The molecule has 0 bridgehead atoms. The number of halogens is 1. The molecule has 0 unspecified atom stereocenters. The number of fused-ring (bicyclic) bond motifs is 1. The molecule has 1 aliphatic heterocycles. The zero-order chi connectivity index (χ0) is 20.4. The number of nitrogens with zero attached hydrogens (tertiary/aromatic N) is 1. The summed E-state index contributed by atoms with van der Waals surface area (Å²) in [6.07, 6.45) is 2.16. The molecule has 1 saturated heterocycles. The number of carbonyl (C=O) groups is 3. The van der Waals surface area contributed by atoms with Crippen molar-refractivity contribution in [2.45, 2.75) is 19.0 Å². The first-order chi connectivity index (χ1) is 14.0. The predicted octanol–water partition coefficient (Wildman–Crippen LogP) is 2.09. The second-order valence-electron chi connectivity index (χ2n) is 6.89. The third-order valence-electron chi connectivity index (χ3n) is 4.91. The van der Waals surface area contributed by atoms with Crippen LogP contribution in [0.3, 0.4) is 0 Å². The summed E-state index contributed by atoms with van der Waals surface area (Å²) in [6, 6.07) is 12.1. The second-order valence-corrected chi connectivity index (χ2v) is 6.89. The zero-order valence-electron chi connectivity index (χ0n) is 15.4. The lowest BCUT2D eigenvalue weighted by molar-refractivity contribution is -0.132. The molecule has 1 fully saturated rings. The van der Waals surface area contributed by atoms with Crippen molar-refractivity contribution in [2.75, 3.05) is 6.54 Å². The van der Waals surface area contributed by atoms with Gasteiger partial charge in [0.15, 0.2) is 0 Å². The Kier molecular flexibility index (Phi) is 4.99. The molecule has 1 aromatic heterocycles. The van der Waals surface area contributed by atoms with Gasteiger partial charge in [-0.15, -0.1) is 0 Å². The van der Waals surface area contributed by atoms with Gasteiger partial charge < -0.3 is 15.6 Å². The highest BCUT2D eigenvalue weighted by Crippen LogP contribution is 2.21. The Morgan fingerprint density at radius 3 is 2.66 bits per heavy atom. The molecule has 4 rings (SSSR count). The fourth-order valence-electron chi connectivity index (χ4n) is 3.39. The number of imide groups is 1. The van der Waals surface area contributed by atoms with Crippen LogP contribution in [0.1, 0.15) is 11.1 Å². The van der Waals surface area contributed by atoms with E-state index in [9.17, 15) is 18.8 Å². The maximum absolute atomic E-state index is 12.9. The average molecular weight is 394 g/mol. The number of hydrogen-bond donors (Lipinski definition) is 3. The van der Waals surface area contributed by atoms with Gasteiger partial charge >= 0.3 is 6.03 Å². The van der Waals surface area contributed by atoms with E-state index >= 15 is 0 Å². The molecule has 2 heterocycles. The summed E-state index contributed by atoms with van der Waals surface area (Å²) < 4.78 is 12.9. The van der Waals surface area contributed by atoms with E-state index in [1.807, 2.05) is 30.5 Å². The van der Waals surface area contributed by atoms with E-state index in [1.165, 1.54) is 12.1 Å². The van der Waals surface area contributed by atoms with Crippen LogP contribution >= 0.6 is 0 Å². The van der Waals surface area contributed by atoms with Gasteiger partial charge in [0.2, 0.25) is 5.91 Å². The average Bonchev–Trinajstić information content (AvgIpc) is 3.24. The number of hydrogen-bond acceptors (Lipinski definition) is 3. The fourth-order valence-corrected chi connectivity index (χ4v) is 3.39. The Balaban J connectivity index is 1.36. The first-order valence-corrected chi connectivity index (χ1v) is 9.19. The summed E-state index contributed by atoms with van der Waals surface area (Å²) in [5, 5.41) is 6.27. The topological polar surface area (TPSA) is 94.3 Å². The molecular formula is C21H19FN4O3. The zero-order valence-corrected chi connectivity index (χ0v) is 15.4. The molecule has 148 valence electrons. The molecule has 0 radical (unpaired) electrons. The minimum absolute atomic E-state index is 0.182. The number of carbonyl (C=O) groups excluding carboxylic acids is 3. The Hall–Kier alpha value is -3.68. The summed E-state index contributed by atoms with van der Waals surface area (Å²) in [5.41, 5.74) is 2.59. The van der Waals surface area contributed by atoms with E-state index in [-0.39, 0.29) is 18.9 Å². The minimum atomic E-state index is -0.716. The predicted molar refractivity (Wildman–Crippen MR) is 104 cm³/mol. The van der Waals surface area contributed by atoms with Gasteiger partial charge in [0.25, 0.3) is 5.91 Å². The number of nitrogens with one attached hydrogen (secondary N) is 3. The molecule has 3 aromatic rings. The first-order valence-electron chi connectivity index (χ1n) is 9.19. The molecule has 1 atom stereocenters. The van der Waals surface area contributed by atoms with Crippen molar-refractivity contribution in [1.29, 1.82) is 0 Å². The van der Waals surface area contributed by atoms with E-state index in [0.29, 0.717) is 12.0 Å². The smallest absolute Gasteiger partial charge is 0.325 e. The highest BCUT2D eigenvalue weighted by atomic mass is 19.1. The maximum Gasteiger partial charge on any atom is 0.325 e. The van der Waals surface area contributed by atoms with Crippen LogP contribution in [-0.2, 0) is 22.6 Å². The summed E-state index contributed by atoms with van der Waals surface area (Å²) in [5.74, 6) is -1.26. The van der Waals surface area contributed by atoms with Crippen molar-refractivity contribution >= 4 is 28.7 Å². The number of urea groups is 1. The van der Waals surface area contributed by atoms with E-state index in [2.05, 4.69) is 15.6 Å². The number of benzene rings is 2. The van der Waals surface area contributed by atoms with Crippen LogP contribution in [0.2, 0.25) is 0 Å². The van der Waals surface area contributed by atoms with Crippen LogP contribution in [0.15, 0.2) is 54.7 Å². The summed E-state index contributed by atoms with van der Waals surface area (Å²) in [6.45, 7) is -0.183. The van der Waals surface area contributed by atoms with Crippen LogP contribution in [0.25, 0.3) is 10.9 Å². The largest absolute Gasteiger partial charge is 0.361 e. The van der Waals surface area contributed by atoms with Gasteiger partial charge in [0.1, 0.15) is 18.4 Å². The monoisotopic (exact) mass is 394 g/mol. The van der Waals surface area contributed by atoms with Gasteiger partial charge in [-0.3, -0.25) is 14.5 Å². The molecule has 2 aromatic carbocycles. The number of rotatable bonds is 6. The molecule has 0 spiro atoms. The number of aromatic nitrogens is 1. The Morgan fingerprint density at radius 1 is 1.10 bits per heavy atom. The summed E-state index contributed by atoms with van der Waals surface area (Å²) in [4.78, 5) is 41.1. The molecule has 1 aliphatic rings. The van der Waals surface area contributed by atoms with Gasteiger partial charge in [0, 0.05) is 30.1 Å². The summed E-state index contributed by atoms with van der Waals surface area (Å²) in [7, 11) is 0. The van der Waals surface area contributed by atoms with Crippen LogP contribution in [0, 0.1) is 5.82 Å². The highest BCUT2D eigenvalue weighted by molar-refractivity contribution is 6.06. The van der Waals surface area contributed by atoms with Crippen molar-refractivity contribution in [3.05, 3.63) is 71.7 Å². The van der Waals surface area contributed by atoms with Crippen LogP contribution < -0.4 is 10.6 Å². The van der Waals surface area contributed by atoms with Crippen molar-refractivity contribution in [2.24, 2.45) is 0 Å². The fraction of sp³-hybridized carbons (Fsp3) is 0.190. The Bertz CT molecular complexity index is 1080. The number of para-hydroxylation sites is 1. The summed E-state index contributed by atoms with van der Waals surface area (Å²) >= 11 is 0. The van der Waals surface area contributed by atoms with Crippen molar-refractivity contribution < 1.29 is 18.8 Å². The second kappa shape index (κ2) is 7.75. The highest BCUT2D eigenvalue weighted by Gasteiger charge is 2.39. The van der Waals surface area contributed by atoms with E-state index < -0.39 is 23.9 Å². The van der Waals surface area contributed by atoms with Crippen LogP contribution in [0.4, 0.5) is 9.18 Å². The SMILES string of the molecule is O=C(CN1C(=O)N[C@@H](Cc2c[nH]c3ccccc23)C1=O)NCc1ccc(F)cc1. The van der Waals surface area contributed by atoms with Crippen molar-refractivity contribution in [1.82, 2.24) is 20.5 Å². The van der Waals surface area contributed by atoms with E-state index in [1.54, 1.807) is 12.1 Å². The molecule has 7 nitrogen and oxygen atoms in total. The van der Waals surface area contributed by atoms with Gasteiger partial charge in [-0.2, -0.15) is 0 Å².